The van der Waals surface area contributed by atoms with Crippen molar-refractivity contribution in [3.05, 3.63) is 63.9 Å². The highest BCUT2D eigenvalue weighted by Crippen LogP contribution is 2.46. The maximum Gasteiger partial charge on any atom is 0.338 e. The number of fused-ring (bicyclic) bond motifs is 1. The molecule has 1 aromatic carbocycles. The smallest absolute Gasteiger partial charge is 0.338 e. The maximum absolute atomic E-state index is 13.4. The number of phenolic OH excluding ortho intramolecular Hbond substituents is 1. The zero-order chi connectivity index (χ0) is 26.2. The van der Waals surface area contributed by atoms with Crippen molar-refractivity contribution >= 4 is 11.7 Å². The first kappa shape index (κ1) is 25.2. The molecular formula is C29H36N4O4. The van der Waals surface area contributed by atoms with Crippen molar-refractivity contribution in [2.75, 3.05) is 0 Å². The van der Waals surface area contributed by atoms with Crippen LogP contribution in [-0.4, -0.2) is 41.4 Å². The van der Waals surface area contributed by atoms with Gasteiger partial charge in [-0.15, -0.1) is 5.10 Å². The molecule has 0 amide bonds. The van der Waals surface area contributed by atoms with E-state index in [1.165, 1.54) is 0 Å². The fourth-order valence-corrected chi connectivity index (χ4v) is 6.05. The average Bonchev–Trinajstić information content (AvgIpc) is 3.53. The second-order valence-corrected chi connectivity index (χ2v) is 10.7. The van der Waals surface area contributed by atoms with Crippen LogP contribution in [0.15, 0.2) is 35.6 Å². The Bertz CT molecular complexity index is 1360. The molecule has 0 spiro atoms. The number of aliphatic hydroxyl groups is 1. The van der Waals surface area contributed by atoms with Crippen LogP contribution in [0.25, 0.3) is 5.78 Å². The molecule has 2 aromatic heterocycles. The molecule has 0 bridgehead atoms. The highest BCUT2D eigenvalue weighted by atomic mass is 16.6. The largest absolute Gasteiger partial charge is 0.512 e. The summed E-state index contributed by atoms with van der Waals surface area (Å²) in [6.45, 7) is 5.93. The van der Waals surface area contributed by atoms with E-state index in [0.717, 1.165) is 61.0 Å². The van der Waals surface area contributed by atoms with Crippen LogP contribution in [0.4, 0.5) is 0 Å². The zero-order valence-corrected chi connectivity index (χ0v) is 22.0. The molecule has 196 valence electrons. The molecule has 1 atom stereocenters. The Hall–Kier alpha value is -3.42. The van der Waals surface area contributed by atoms with Crippen LogP contribution in [0.5, 0.6) is 5.75 Å². The number of aryl methyl sites for hydroxylation is 4. The van der Waals surface area contributed by atoms with Gasteiger partial charge in [-0.3, -0.25) is 0 Å². The summed E-state index contributed by atoms with van der Waals surface area (Å²) in [5, 5.41) is 25.9. The van der Waals surface area contributed by atoms with Gasteiger partial charge in [-0.05, 0) is 75.1 Å². The molecular weight excluding hydrogens is 468 g/mol. The van der Waals surface area contributed by atoms with Crippen LogP contribution in [-0.2, 0) is 28.8 Å². The van der Waals surface area contributed by atoms with Crippen LogP contribution in [0.3, 0.4) is 0 Å². The molecule has 8 heteroatoms. The number of phenols is 1. The third-order valence-corrected chi connectivity index (χ3v) is 7.95. The second-order valence-electron chi connectivity index (χ2n) is 10.7. The SMILES string of the molecule is CCCc1cc(CCC2(C3CCCC3)CC(O)=C(Cc3nc4nc(C)cc(C)n4n3)C(=O)O2)ccc1O. The molecule has 1 fully saturated rings. The van der Waals surface area contributed by atoms with Gasteiger partial charge in [0.1, 0.15) is 17.1 Å². The Morgan fingerprint density at radius 2 is 1.89 bits per heavy atom. The maximum atomic E-state index is 13.4. The summed E-state index contributed by atoms with van der Waals surface area (Å²) in [6, 6.07) is 7.67. The van der Waals surface area contributed by atoms with Gasteiger partial charge in [0, 0.05) is 24.2 Å². The number of nitrogens with zero attached hydrogens (tertiary/aromatic N) is 4. The van der Waals surface area contributed by atoms with Crippen molar-refractivity contribution in [3.8, 4) is 5.75 Å². The summed E-state index contributed by atoms with van der Waals surface area (Å²) in [5.41, 5.74) is 3.30. The van der Waals surface area contributed by atoms with E-state index in [1.54, 1.807) is 10.6 Å². The summed E-state index contributed by atoms with van der Waals surface area (Å²) >= 11 is 0. The van der Waals surface area contributed by atoms with Gasteiger partial charge in [0.05, 0.1) is 5.57 Å². The minimum Gasteiger partial charge on any atom is -0.512 e. The normalized spacial score (nSPS) is 20.7. The molecule has 8 nitrogen and oxygen atoms in total. The molecule has 3 aromatic rings. The minimum absolute atomic E-state index is 0.0836. The van der Waals surface area contributed by atoms with E-state index in [0.29, 0.717) is 36.6 Å². The van der Waals surface area contributed by atoms with Crippen LogP contribution in [0.2, 0.25) is 0 Å². The summed E-state index contributed by atoms with van der Waals surface area (Å²) in [7, 11) is 0. The number of cyclic esters (lactones) is 1. The molecule has 1 unspecified atom stereocenters. The fourth-order valence-electron chi connectivity index (χ4n) is 6.05. The van der Waals surface area contributed by atoms with Gasteiger partial charge in [-0.1, -0.05) is 38.3 Å². The van der Waals surface area contributed by atoms with Crippen LogP contribution in [0, 0.1) is 19.8 Å². The van der Waals surface area contributed by atoms with Crippen LogP contribution < -0.4 is 0 Å². The highest BCUT2D eigenvalue weighted by Gasteiger charge is 2.48. The van der Waals surface area contributed by atoms with Gasteiger partial charge < -0.3 is 14.9 Å². The van der Waals surface area contributed by atoms with Crippen molar-refractivity contribution in [3.63, 3.8) is 0 Å². The first-order chi connectivity index (χ1) is 17.8. The predicted molar refractivity (Wildman–Crippen MR) is 139 cm³/mol. The van der Waals surface area contributed by atoms with Crippen LogP contribution in [0.1, 0.15) is 80.2 Å². The van der Waals surface area contributed by atoms with Gasteiger partial charge in [0.25, 0.3) is 5.78 Å². The van der Waals surface area contributed by atoms with Crippen LogP contribution >= 0.6 is 0 Å². The van der Waals surface area contributed by atoms with Crippen molar-refractivity contribution in [1.29, 1.82) is 0 Å². The van der Waals surface area contributed by atoms with E-state index in [4.69, 9.17) is 4.74 Å². The van der Waals surface area contributed by atoms with E-state index in [9.17, 15) is 15.0 Å². The highest BCUT2D eigenvalue weighted by molar-refractivity contribution is 5.90. The molecule has 0 saturated heterocycles. The Labute approximate surface area is 217 Å². The number of hydrogen-bond acceptors (Lipinski definition) is 7. The topological polar surface area (TPSA) is 110 Å². The molecule has 3 heterocycles. The lowest BCUT2D eigenvalue weighted by Gasteiger charge is -2.41. The van der Waals surface area contributed by atoms with E-state index >= 15 is 0 Å². The molecule has 0 radical (unpaired) electrons. The number of ether oxygens (including phenoxy) is 1. The number of aliphatic hydroxyl groups excluding tert-OH is 1. The first-order valence-corrected chi connectivity index (χ1v) is 13.4. The number of hydrogen-bond donors (Lipinski definition) is 2. The Kier molecular flexibility index (Phi) is 6.92. The van der Waals surface area contributed by atoms with Gasteiger partial charge in [0.2, 0.25) is 0 Å². The standard InChI is InChI=1S/C29H36N4O4/c1-4-7-21-15-20(10-11-24(21)34)12-13-29(22-8-5-6-9-22)17-25(35)23(27(36)37-29)16-26-31-28-30-18(2)14-19(3)33(28)32-26/h10-11,14-15,22,34-35H,4-9,12-13,16-17H2,1-3H3. The van der Waals surface area contributed by atoms with Gasteiger partial charge in [0.15, 0.2) is 5.82 Å². The Balaban J connectivity index is 1.40. The molecule has 2 N–H and O–H groups in total. The molecule has 2 aliphatic rings. The summed E-state index contributed by atoms with van der Waals surface area (Å²) < 4.78 is 7.92. The molecule has 1 aliphatic heterocycles. The van der Waals surface area contributed by atoms with Crippen molar-refractivity contribution < 1.29 is 19.7 Å². The zero-order valence-electron chi connectivity index (χ0n) is 22.0. The number of carbonyl (C=O) groups is 1. The Morgan fingerprint density at radius 3 is 2.62 bits per heavy atom. The molecule has 1 saturated carbocycles. The number of carbonyl (C=O) groups excluding carboxylic acids is 1. The van der Waals surface area contributed by atoms with Gasteiger partial charge in [-0.2, -0.15) is 4.98 Å². The lowest BCUT2D eigenvalue weighted by atomic mass is 9.76. The molecule has 1 aliphatic carbocycles. The minimum atomic E-state index is -0.731. The van der Waals surface area contributed by atoms with Crippen molar-refractivity contribution in [2.45, 2.75) is 90.6 Å². The van der Waals surface area contributed by atoms with E-state index in [-0.39, 0.29) is 23.7 Å². The lowest BCUT2D eigenvalue weighted by Crippen LogP contribution is -2.46. The number of benzene rings is 1. The first-order valence-electron chi connectivity index (χ1n) is 13.4. The quantitative estimate of drug-likeness (QED) is 0.403. The summed E-state index contributed by atoms with van der Waals surface area (Å²) in [5.74, 6) is 1.06. The summed E-state index contributed by atoms with van der Waals surface area (Å²) in [6.07, 6.45) is 7.73. The molecule has 37 heavy (non-hydrogen) atoms. The van der Waals surface area contributed by atoms with Gasteiger partial charge in [-0.25, -0.2) is 14.3 Å². The number of esters is 1. The number of rotatable bonds is 8. The number of aromatic hydroxyl groups is 1. The van der Waals surface area contributed by atoms with Crippen molar-refractivity contribution in [1.82, 2.24) is 19.6 Å². The third kappa shape index (κ3) is 5.06. The second kappa shape index (κ2) is 10.1. The average molecular weight is 505 g/mol. The molecule has 5 rings (SSSR count). The summed E-state index contributed by atoms with van der Waals surface area (Å²) in [4.78, 5) is 22.3. The predicted octanol–water partition coefficient (Wildman–Crippen LogP) is 5.26. The number of aromatic nitrogens is 4. The van der Waals surface area contributed by atoms with Crippen molar-refractivity contribution in [2.24, 2.45) is 5.92 Å². The fraction of sp³-hybridized carbons (Fsp3) is 0.517. The van der Waals surface area contributed by atoms with E-state index < -0.39 is 11.6 Å². The third-order valence-electron chi connectivity index (χ3n) is 7.95. The van der Waals surface area contributed by atoms with E-state index in [2.05, 4.69) is 28.1 Å². The Morgan fingerprint density at radius 1 is 1.11 bits per heavy atom. The van der Waals surface area contributed by atoms with E-state index in [1.807, 2.05) is 26.0 Å². The monoisotopic (exact) mass is 504 g/mol. The van der Waals surface area contributed by atoms with Gasteiger partial charge >= 0.3 is 5.97 Å². The lowest BCUT2D eigenvalue weighted by molar-refractivity contribution is -0.167.